The number of aromatic nitrogens is 4. The molecule has 4 aromatic rings. The van der Waals surface area contributed by atoms with E-state index in [0.29, 0.717) is 33.7 Å². The molecule has 2 aromatic carbocycles. The van der Waals surface area contributed by atoms with Crippen molar-refractivity contribution < 1.29 is 4.79 Å². The van der Waals surface area contributed by atoms with Gasteiger partial charge in [-0.25, -0.2) is 0 Å². The van der Waals surface area contributed by atoms with E-state index in [1.54, 1.807) is 35.3 Å². The molecule has 1 amide bonds. The molecule has 0 bridgehead atoms. The molecule has 2 heterocycles. The van der Waals surface area contributed by atoms with Gasteiger partial charge in [0.05, 0.1) is 23.5 Å². The number of H-pyrrole nitrogens is 1. The van der Waals surface area contributed by atoms with Crippen LogP contribution >= 0.6 is 23.2 Å². The summed E-state index contributed by atoms with van der Waals surface area (Å²) in [5, 5.41) is 15.2. The summed E-state index contributed by atoms with van der Waals surface area (Å²) in [5.41, 5.74) is 3.59. The molecule has 2 N–H and O–H groups in total. The van der Waals surface area contributed by atoms with Gasteiger partial charge in [0.2, 0.25) is 0 Å². The van der Waals surface area contributed by atoms with E-state index in [2.05, 4.69) is 20.6 Å². The summed E-state index contributed by atoms with van der Waals surface area (Å²) in [7, 11) is 0. The van der Waals surface area contributed by atoms with Crippen molar-refractivity contribution in [2.45, 2.75) is 6.54 Å². The molecular formula is C20H15Cl2N5O. The lowest BCUT2D eigenvalue weighted by molar-refractivity contribution is 0.102. The SMILES string of the molecule is O=C(Nc1cccc(Cn2cc(Cl)cn2)c1)c1cc(-c2ccc(Cl)cc2)n[nH]1. The first-order valence-electron chi connectivity index (χ1n) is 8.46. The zero-order chi connectivity index (χ0) is 19.5. The number of nitrogens with zero attached hydrogens (tertiary/aromatic N) is 3. The van der Waals surface area contributed by atoms with Crippen LogP contribution in [0.4, 0.5) is 5.69 Å². The molecule has 2 aromatic heterocycles. The van der Waals surface area contributed by atoms with Gasteiger partial charge in [-0.05, 0) is 35.9 Å². The molecule has 6 nitrogen and oxygen atoms in total. The molecule has 0 radical (unpaired) electrons. The Labute approximate surface area is 171 Å². The highest BCUT2D eigenvalue weighted by molar-refractivity contribution is 6.30. The van der Waals surface area contributed by atoms with Gasteiger partial charge >= 0.3 is 0 Å². The molecule has 0 aliphatic heterocycles. The van der Waals surface area contributed by atoms with Crippen LogP contribution in [0.25, 0.3) is 11.3 Å². The highest BCUT2D eigenvalue weighted by atomic mass is 35.5. The minimum Gasteiger partial charge on any atom is -0.321 e. The molecule has 0 aliphatic rings. The van der Waals surface area contributed by atoms with Gasteiger partial charge in [0.1, 0.15) is 5.69 Å². The van der Waals surface area contributed by atoms with Crippen LogP contribution in [0.1, 0.15) is 16.1 Å². The summed E-state index contributed by atoms with van der Waals surface area (Å²) in [6.07, 6.45) is 3.33. The molecule has 0 saturated carbocycles. The number of rotatable bonds is 5. The van der Waals surface area contributed by atoms with E-state index in [-0.39, 0.29) is 5.91 Å². The highest BCUT2D eigenvalue weighted by Crippen LogP contribution is 2.21. The molecule has 0 fully saturated rings. The number of amides is 1. The summed E-state index contributed by atoms with van der Waals surface area (Å²) in [6, 6.07) is 16.5. The number of nitrogens with one attached hydrogen (secondary N) is 2. The van der Waals surface area contributed by atoms with Crippen molar-refractivity contribution in [2.75, 3.05) is 5.32 Å². The Morgan fingerprint density at radius 1 is 1.07 bits per heavy atom. The molecule has 0 spiro atoms. The predicted octanol–water partition coefficient (Wildman–Crippen LogP) is 4.88. The zero-order valence-electron chi connectivity index (χ0n) is 14.6. The predicted molar refractivity (Wildman–Crippen MR) is 110 cm³/mol. The fraction of sp³-hybridized carbons (Fsp3) is 0.0500. The summed E-state index contributed by atoms with van der Waals surface area (Å²) >= 11 is 11.8. The number of aromatic amines is 1. The van der Waals surface area contributed by atoms with Crippen LogP contribution in [-0.2, 0) is 6.54 Å². The molecule has 4 rings (SSSR count). The van der Waals surface area contributed by atoms with Gasteiger partial charge in [0.15, 0.2) is 0 Å². The van der Waals surface area contributed by atoms with Gasteiger partial charge in [0, 0.05) is 22.5 Å². The number of carbonyl (C=O) groups is 1. The Bertz CT molecular complexity index is 1120. The first kappa shape index (κ1) is 18.3. The first-order valence-corrected chi connectivity index (χ1v) is 9.22. The van der Waals surface area contributed by atoms with Crippen molar-refractivity contribution in [3.63, 3.8) is 0 Å². The minimum absolute atomic E-state index is 0.271. The van der Waals surface area contributed by atoms with Crippen LogP contribution in [0.3, 0.4) is 0 Å². The normalized spacial score (nSPS) is 10.8. The molecular weight excluding hydrogens is 397 g/mol. The highest BCUT2D eigenvalue weighted by Gasteiger charge is 2.12. The molecule has 0 unspecified atom stereocenters. The Morgan fingerprint density at radius 2 is 1.89 bits per heavy atom. The number of hydrogen-bond acceptors (Lipinski definition) is 3. The third-order valence-electron chi connectivity index (χ3n) is 4.09. The lowest BCUT2D eigenvalue weighted by atomic mass is 10.1. The maximum absolute atomic E-state index is 12.5. The van der Waals surface area contributed by atoms with E-state index < -0.39 is 0 Å². The van der Waals surface area contributed by atoms with E-state index in [1.165, 1.54) is 0 Å². The standard InChI is InChI=1S/C20H15Cl2N5O/c21-15-6-4-14(5-7-15)18-9-19(26-25-18)20(28)24-17-3-1-2-13(8-17)11-27-12-16(22)10-23-27/h1-10,12H,11H2,(H,24,28)(H,25,26). The van der Waals surface area contributed by atoms with Crippen molar-refractivity contribution in [3.8, 4) is 11.3 Å². The average Bonchev–Trinajstić information content (AvgIpc) is 3.32. The molecule has 28 heavy (non-hydrogen) atoms. The summed E-state index contributed by atoms with van der Waals surface area (Å²) in [4.78, 5) is 12.5. The van der Waals surface area contributed by atoms with Crippen LogP contribution in [0.15, 0.2) is 67.0 Å². The van der Waals surface area contributed by atoms with Crippen LogP contribution in [-0.4, -0.2) is 25.9 Å². The van der Waals surface area contributed by atoms with Crippen LogP contribution in [0.5, 0.6) is 0 Å². The number of hydrogen-bond donors (Lipinski definition) is 2. The van der Waals surface area contributed by atoms with E-state index >= 15 is 0 Å². The number of benzene rings is 2. The summed E-state index contributed by atoms with van der Waals surface area (Å²) in [5.74, 6) is -0.271. The smallest absolute Gasteiger partial charge is 0.273 e. The van der Waals surface area contributed by atoms with Gasteiger partial charge in [-0.1, -0.05) is 47.5 Å². The maximum Gasteiger partial charge on any atom is 0.273 e. The third-order valence-corrected chi connectivity index (χ3v) is 4.54. The fourth-order valence-electron chi connectivity index (χ4n) is 2.76. The zero-order valence-corrected chi connectivity index (χ0v) is 16.1. The second kappa shape index (κ2) is 7.88. The van der Waals surface area contributed by atoms with Crippen molar-refractivity contribution in [1.82, 2.24) is 20.0 Å². The molecule has 8 heteroatoms. The number of halogens is 2. The summed E-state index contributed by atoms with van der Waals surface area (Å²) in [6.45, 7) is 0.557. The maximum atomic E-state index is 12.5. The fourth-order valence-corrected chi connectivity index (χ4v) is 3.05. The van der Waals surface area contributed by atoms with Gasteiger partial charge < -0.3 is 5.32 Å². The quantitative estimate of drug-likeness (QED) is 0.491. The Hall–Kier alpha value is -3.09. The van der Waals surface area contributed by atoms with Crippen molar-refractivity contribution in [3.05, 3.63) is 88.3 Å². The van der Waals surface area contributed by atoms with Gasteiger partial charge in [-0.3, -0.25) is 14.6 Å². The largest absolute Gasteiger partial charge is 0.321 e. The number of carbonyl (C=O) groups excluding carboxylic acids is 1. The lowest BCUT2D eigenvalue weighted by Gasteiger charge is -2.07. The molecule has 0 saturated heterocycles. The van der Waals surface area contributed by atoms with Crippen LogP contribution < -0.4 is 5.32 Å². The summed E-state index contributed by atoms with van der Waals surface area (Å²) < 4.78 is 1.73. The van der Waals surface area contributed by atoms with Crippen molar-refractivity contribution in [2.24, 2.45) is 0 Å². The Morgan fingerprint density at radius 3 is 2.64 bits per heavy atom. The molecule has 0 aliphatic carbocycles. The second-order valence-electron chi connectivity index (χ2n) is 6.18. The minimum atomic E-state index is -0.271. The second-order valence-corrected chi connectivity index (χ2v) is 7.06. The molecule has 0 atom stereocenters. The van der Waals surface area contributed by atoms with E-state index in [0.717, 1.165) is 11.1 Å². The van der Waals surface area contributed by atoms with Crippen LogP contribution in [0.2, 0.25) is 10.0 Å². The van der Waals surface area contributed by atoms with Crippen molar-refractivity contribution >= 4 is 34.8 Å². The Kier molecular flexibility index (Phi) is 5.14. The van der Waals surface area contributed by atoms with E-state index in [9.17, 15) is 4.79 Å². The van der Waals surface area contributed by atoms with Gasteiger partial charge in [0.25, 0.3) is 5.91 Å². The molecule has 140 valence electrons. The number of anilines is 1. The van der Waals surface area contributed by atoms with Crippen LogP contribution in [0, 0.1) is 0 Å². The third kappa shape index (κ3) is 4.24. The average molecular weight is 412 g/mol. The van der Waals surface area contributed by atoms with Crippen molar-refractivity contribution in [1.29, 1.82) is 0 Å². The lowest BCUT2D eigenvalue weighted by Crippen LogP contribution is -2.12. The van der Waals surface area contributed by atoms with Gasteiger partial charge in [-0.15, -0.1) is 0 Å². The topological polar surface area (TPSA) is 75.6 Å². The Balaban J connectivity index is 1.46. The monoisotopic (exact) mass is 411 g/mol. The first-order chi connectivity index (χ1) is 13.6. The van der Waals surface area contributed by atoms with E-state index in [4.69, 9.17) is 23.2 Å². The van der Waals surface area contributed by atoms with E-state index in [1.807, 2.05) is 36.4 Å². The van der Waals surface area contributed by atoms with Gasteiger partial charge in [-0.2, -0.15) is 10.2 Å².